The number of methoxy groups -OCH3 is 1. The zero-order valence-corrected chi connectivity index (χ0v) is 9.91. The average molecular weight is 241 g/mol. The van der Waals surface area contributed by atoms with Crippen molar-refractivity contribution in [2.75, 3.05) is 19.1 Å². The SMILES string of the molecule is COc1ccc(Cl)c2c1C(N)CC(=O)N2C. The molecule has 1 aliphatic heterocycles. The molecule has 0 aliphatic carbocycles. The predicted molar refractivity (Wildman–Crippen MR) is 63.0 cm³/mol. The van der Waals surface area contributed by atoms with Crippen molar-refractivity contribution >= 4 is 23.2 Å². The van der Waals surface area contributed by atoms with Crippen LogP contribution in [0.2, 0.25) is 5.02 Å². The Hall–Kier alpha value is -1.26. The molecule has 1 aromatic carbocycles. The summed E-state index contributed by atoms with van der Waals surface area (Å²) < 4.78 is 5.24. The largest absolute Gasteiger partial charge is 0.496 e. The quantitative estimate of drug-likeness (QED) is 0.813. The minimum absolute atomic E-state index is 0.0323. The van der Waals surface area contributed by atoms with Crippen LogP contribution in [-0.2, 0) is 4.79 Å². The summed E-state index contributed by atoms with van der Waals surface area (Å²) in [4.78, 5) is 13.2. The van der Waals surface area contributed by atoms with E-state index in [1.165, 1.54) is 4.90 Å². The monoisotopic (exact) mass is 240 g/mol. The Kier molecular flexibility index (Phi) is 2.78. The zero-order valence-electron chi connectivity index (χ0n) is 9.16. The summed E-state index contributed by atoms with van der Waals surface area (Å²) in [5.41, 5.74) is 7.42. The summed E-state index contributed by atoms with van der Waals surface area (Å²) in [5, 5.41) is 0.516. The van der Waals surface area contributed by atoms with E-state index in [1.54, 1.807) is 26.3 Å². The lowest BCUT2D eigenvalue weighted by atomic mass is 9.96. The maximum atomic E-state index is 11.7. The molecule has 0 radical (unpaired) electrons. The molecule has 0 saturated carbocycles. The number of ether oxygens (including phenoxy) is 1. The number of nitrogens with two attached hydrogens (primary N) is 1. The molecule has 0 aromatic heterocycles. The molecule has 1 aliphatic rings. The highest BCUT2D eigenvalue weighted by molar-refractivity contribution is 6.34. The number of benzene rings is 1. The van der Waals surface area contributed by atoms with Crippen LogP contribution >= 0.6 is 11.6 Å². The second-order valence-corrected chi connectivity index (χ2v) is 4.18. The highest BCUT2D eigenvalue weighted by atomic mass is 35.5. The van der Waals surface area contributed by atoms with Gasteiger partial charge in [0.05, 0.1) is 17.8 Å². The molecule has 0 spiro atoms. The third-order valence-electron chi connectivity index (χ3n) is 2.82. The van der Waals surface area contributed by atoms with Crippen molar-refractivity contribution in [2.45, 2.75) is 12.5 Å². The van der Waals surface area contributed by atoms with Crippen molar-refractivity contribution in [2.24, 2.45) is 5.73 Å². The molecule has 86 valence electrons. The van der Waals surface area contributed by atoms with Gasteiger partial charge in [-0.3, -0.25) is 4.79 Å². The van der Waals surface area contributed by atoms with E-state index in [1.807, 2.05) is 0 Å². The Balaban J connectivity index is 2.68. The maximum absolute atomic E-state index is 11.7. The molecule has 2 N–H and O–H groups in total. The first-order valence-corrected chi connectivity index (χ1v) is 5.32. The molecule has 1 heterocycles. The molecule has 0 saturated heterocycles. The van der Waals surface area contributed by atoms with Gasteiger partial charge in [0, 0.05) is 25.1 Å². The molecule has 16 heavy (non-hydrogen) atoms. The molecule has 1 unspecified atom stereocenters. The van der Waals surface area contributed by atoms with Gasteiger partial charge in [-0.2, -0.15) is 0 Å². The molecule has 5 heteroatoms. The molecule has 1 aromatic rings. The van der Waals surface area contributed by atoms with Gasteiger partial charge >= 0.3 is 0 Å². The maximum Gasteiger partial charge on any atom is 0.228 e. The number of carbonyl (C=O) groups is 1. The molecular weight excluding hydrogens is 228 g/mol. The molecule has 1 atom stereocenters. The van der Waals surface area contributed by atoms with E-state index in [-0.39, 0.29) is 18.4 Å². The molecule has 4 nitrogen and oxygen atoms in total. The fourth-order valence-corrected chi connectivity index (χ4v) is 2.28. The molecule has 2 rings (SSSR count). The van der Waals surface area contributed by atoms with E-state index in [4.69, 9.17) is 22.1 Å². The fourth-order valence-electron chi connectivity index (χ4n) is 1.99. The summed E-state index contributed by atoms with van der Waals surface area (Å²) in [5.74, 6) is 0.640. The highest BCUT2D eigenvalue weighted by Gasteiger charge is 2.31. The van der Waals surface area contributed by atoms with Crippen molar-refractivity contribution in [1.82, 2.24) is 0 Å². The summed E-state index contributed by atoms with van der Waals surface area (Å²) in [6, 6.07) is 3.12. The number of hydrogen-bond acceptors (Lipinski definition) is 3. The third kappa shape index (κ3) is 1.54. The molecule has 0 fully saturated rings. The summed E-state index contributed by atoms with van der Waals surface area (Å²) in [7, 11) is 3.27. The predicted octanol–water partition coefficient (Wildman–Crippen LogP) is 1.71. The molecular formula is C11H13ClN2O2. The zero-order chi connectivity index (χ0) is 11.9. The number of rotatable bonds is 1. The van der Waals surface area contributed by atoms with Gasteiger partial charge in [0.2, 0.25) is 5.91 Å². The van der Waals surface area contributed by atoms with Gasteiger partial charge in [-0.1, -0.05) is 11.6 Å². The molecule has 1 amide bonds. The number of fused-ring (bicyclic) bond motifs is 1. The number of nitrogens with zero attached hydrogens (tertiary/aromatic N) is 1. The van der Waals surface area contributed by atoms with Gasteiger partial charge in [-0.05, 0) is 12.1 Å². The third-order valence-corrected chi connectivity index (χ3v) is 3.13. The average Bonchev–Trinajstić information content (AvgIpc) is 2.25. The van der Waals surface area contributed by atoms with E-state index in [0.29, 0.717) is 16.5 Å². The Labute approximate surface area is 98.9 Å². The van der Waals surface area contributed by atoms with Crippen molar-refractivity contribution in [1.29, 1.82) is 0 Å². The lowest BCUT2D eigenvalue weighted by molar-refractivity contribution is -0.119. The van der Waals surface area contributed by atoms with E-state index >= 15 is 0 Å². The Morgan fingerprint density at radius 2 is 2.25 bits per heavy atom. The van der Waals surface area contributed by atoms with Crippen LogP contribution in [0.5, 0.6) is 5.75 Å². The van der Waals surface area contributed by atoms with Gasteiger partial charge in [0.25, 0.3) is 0 Å². The molecule has 0 bridgehead atoms. The van der Waals surface area contributed by atoms with Crippen LogP contribution in [0.1, 0.15) is 18.0 Å². The van der Waals surface area contributed by atoms with Crippen LogP contribution in [0.4, 0.5) is 5.69 Å². The summed E-state index contributed by atoms with van der Waals surface area (Å²) >= 11 is 6.09. The first kappa shape index (κ1) is 11.2. The van der Waals surface area contributed by atoms with Gasteiger partial charge in [-0.25, -0.2) is 0 Å². The van der Waals surface area contributed by atoms with Gasteiger partial charge in [0.15, 0.2) is 0 Å². The smallest absolute Gasteiger partial charge is 0.228 e. The normalized spacial score (nSPS) is 19.6. The van der Waals surface area contributed by atoms with Crippen molar-refractivity contribution < 1.29 is 9.53 Å². The Morgan fingerprint density at radius 3 is 2.88 bits per heavy atom. The van der Waals surface area contributed by atoms with Crippen molar-refractivity contribution in [3.8, 4) is 5.75 Å². The van der Waals surface area contributed by atoms with Crippen LogP contribution in [0.3, 0.4) is 0 Å². The number of anilines is 1. The van der Waals surface area contributed by atoms with E-state index < -0.39 is 0 Å². The van der Waals surface area contributed by atoms with Gasteiger partial charge < -0.3 is 15.4 Å². The minimum atomic E-state index is -0.354. The van der Waals surface area contributed by atoms with Crippen LogP contribution in [0.15, 0.2) is 12.1 Å². The Morgan fingerprint density at radius 1 is 1.56 bits per heavy atom. The van der Waals surface area contributed by atoms with Crippen LogP contribution < -0.4 is 15.4 Å². The van der Waals surface area contributed by atoms with Crippen molar-refractivity contribution in [3.05, 3.63) is 22.7 Å². The number of hydrogen-bond donors (Lipinski definition) is 1. The number of carbonyl (C=O) groups excluding carboxylic acids is 1. The van der Waals surface area contributed by atoms with Crippen LogP contribution in [0.25, 0.3) is 0 Å². The second-order valence-electron chi connectivity index (χ2n) is 3.78. The van der Waals surface area contributed by atoms with Gasteiger partial charge in [-0.15, -0.1) is 0 Å². The highest BCUT2D eigenvalue weighted by Crippen LogP contribution is 2.43. The Bertz CT molecular complexity index is 448. The fraction of sp³-hybridized carbons (Fsp3) is 0.364. The van der Waals surface area contributed by atoms with Crippen LogP contribution in [0, 0.1) is 0 Å². The second kappa shape index (κ2) is 3.96. The lowest BCUT2D eigenvalue weighted by Crippen LogP contribution is -2.36. The lowest BCUT2D eigenvalue weighted by Gasteiger charge is -2.31. The minimum Gasteiger partial charge on any atom is -0.496 e. The van der Waals surface area contributed by atoms with Gasteiger partial charge in [0.1, 0.15) is 5.75 Å². The van der Waals surface area contributed by atoms with Crippen LogP contribution in [-0.4, -0.2) is 20.1 Å². The van der Waals surface area contributed by atoms with E-state index in [0.717, 1.165) is 5.56 Å². The van der Waals surface area contributed by atoms with E-state index in [2.05, 4.69) is 0 Å². The first-order chi connectivity index (χ1) is 7.56. The first-order valence-electron chi connectivity index (χ1n) is 4.94. The van der Waals surface area contributed by atoms with E-state index in [9.17, 15) is 4.79 Å². The number of halogens is 1. The summed E-state index contributed by atoms with van der Waals surface area (Å²) in [6.45, 7) is 0. The summed E-state index contributed by atoms with van der Waals surface area (Å²) in [6.07, 6.45) is 0.278. The standard InChI is InChI=1S/C11H13ClN2O2/c1-14-9(15)5-7(13)10-8(16-2)4-3-6(12)11(10)14/h3-4,7H,5,13H2,1-2H3. The van der Waals surface area contributed by atoms with Crippen molar-refractivity contribution in [3.63, 3.8) is 0 Å². The number of amides is 1. The topological polar surface area (TPSA) is 55.6 Å².